The summed E-state index contributed by atoms with van der Waals surface area (Å²) >= 11 is 0. The molecule has 2 fully saturated rings. The van der Waals surface area contributed by atoms with Crippen LogP contribution in [0.5, 0.6) is 0 Å². The van der Waals surface area contributed by atoms with Crippen molar-refractivity contribution in [1.82, 2.24) is 20.0 Å². The molecule has 0 saturated carbocycles. The first-order chi connectivity index (χ1) is 13.2. The predicted octanol–water partition coefficient (Wildman–Crippen LogP) is 3.21. The van der Waals surface area contributed by atoms with Gasteiger partial charge in [-0.3, -0.25) is 4.79 Å². The summed E-state index contributed by atoms with van der Waals surface area (Å²) in [5.74, 6) is 0.600. The van der Waals surface area contributed by atoms with E-state index in [1.54, 1.807) is 18.3 Å². The van der Waals surface area contributed by atoms with E-state index < -0.39 is 0 Å². The smallest absolute Gasteiger partial charge is 0.274 e. The van der Waals surface area contributed by atoms with E-state index in [4.69, 9.17) is 0 Å². The summed E-state index contributed by atoms with van der Waals surface area (Å²) in [6, 6.07) is 14.5. The van der Waals surface area contributed by atoms with Crippen molar-refractivity contribution in [2.45, 2.75) is 32.1 Å². The number of carbonyl (C=O) groups is 1. The van der Waals surface area contributed by atoms with Gasteiger partial charge in [0.05, 0.1) is 0 Å². The van der Waals surface area contributed by atoms with Crippen molar-refractivity contribution in [1.29, 1.82) is 0 Å². The van der Waals surface area contributed by atoms with Crippen LogP contribution >= 0.6 is 0 Å². The van der Waals surface area contributed by atoms with Crippen molar-refractivity contribution in [2.75, 3.05) is 32.7 Å². The summed E-state index contributed by atoms with van der Waals surface area (Å²) in [6.45, 7) is 7.27. The Labute approximate surface area is 161 Å². The van der Waals surface area contributed by atoms with Crippen LogP contribution in [0.25, 0.3) is 0 Å². The molecule has 5 nitrogen and oxygen atoms in total. The van der Waals surface area contributed by atoms with Gasteiger partial charge in [0.25, 0.3) is 5.91 Å². The molecule has 0 aliphatic carbocycles. The molecule has 2 aromatic rings. The zero-order valence-electron chi connectivity index (χ0n) is 16.1. The molecule has 2 aliphatic heterocycles. The van der Waals surface area contributed by atoms with Crippen molar-refractivity contribution in [3.63, 3.8) is 0 Å². The molecule has 2 saturated heterocycles. The Morgan fingerprint density at radius 1 is 1.15 bits per heavy atom. The second-order valence-electron chi connectivity index (χ2n) is 8.04. The van der Waals surface area contributed by atoms with Crippen molar-refractivity contribution in [2.24, 2.45) is 5.41 Å². The molecule has 1 atom stereocenters. The highest BCUT2D eigenvalue weighted by molar-refractivity contribution is 5.92. The Balaban J connectivity index is 1.46. The van der Waals surface area contributed by atoms with Gasteiger partial charge in [0.2, 0.25) is 0 Å². The normalized spacial score (nSPS) is 22.7. The molecule has 1 aromatic heterocycles. The Morgan fingerprint density at radius 2 is 1.93 bits per heavy atom. The molecule has 1 aromatic carbocycles. The molecule has 0 bridgehead atoms. The van der Waals surface area contributed by atoms with E-state index in [1.165, 1.54) is 12.0 Å². The van der Waals surface area contributed by atoms with Crippen molar-refractivity contribution >= 4 is 5.91 Å². The molecular weight excluding hydrogens is 336 g/mol. The maximum atomic E-state index is 12.7. The third kappa shape index (κ3) is 3.88. The lowest BCUT2D eigenvalue weighted by Crippen LogP contribution is -2.52. The van der Waals surface area contributed by atoms with Crippen molar-refractivity contribution < 1.29 is 4.79 Å². The number of likely N-dealkylation sites (N-methyl/N-ethyl adjacent to an activating group) is 1. The SMILES string of the molecule is CCN1C[C@@H](c2ccccc2)CC2(CCN(C(=O)c3cccnn3)CC2)C1. The van der Waals surface area contributed by atoms with Crippen LogP contribution in [0.2, 0.25) is 0 Å². The first kappa shape index (κ1) is 18.1. The Morgan fingerprint density at radius 3 is 2.59 bits per heavy atom. The highest BCUT2D eigenvalue weighted by atomic mass is 16.2. The van der Waals surface area contributed by atoms with Gasteiger partial charge >= 0.3 is 0 Å². The summed E-state index contributed by atoms with van der Waals surface area (Å²) in [4.78, 5) is 17.2. The summed E-state index contributed by atoms with van der Waals surface area (Å²) in [6.07, 6.45) is 4.96. The van der Waals surface area contributed by atoms with E-state index in [2.05, 4.69) is 52.4 Å². The minimum absolute atomic E-state index is 0.0146. The fourth-order valence-corrected chi connectivity index (χ4v) is 4.82. The highest BCUT2D eigenvalue weighted by Gasteiger charge is 2.42. The number of rotatable bonds is 3. The fourth-order valence-electron chi connectivity index (χ4n) is 4.82. The molecule has 5 heteroatoms. The predicted molar refractivity (Wildman–Crippen MR) is 106 cm³/mol. The van der Waals surface area contributed by atoms with Gasteiger partial charge in [-0.2, -0.15) is 5.10 Å². The minimum atomic E-state index is 0.0146. The van der Waals surface area contributed by atoms with E-state index >= 15 is 0 Å². The zero-order chi connectivity index (χ0) is 18.7. The topological polar surface area (TPSA) is 49.3 Å². The van der Waals surface area contributed by atoms with Gasteiger partial charge in [-0.05, 0) is 54.8 Å². The number of hydrogen-bond donors (Lipinski definition) is 0. The second kappa shape index (κ2) is 7.77. The number of aromatic nitrogens is 2. The monoisotopic (exact) mass is 364 g/mol. The highest BCUT2D eigenvalue weighted by Crippen LogP contribution is 2.45. The molecule has 0 unspecified atom stereocenters. The number of hydrogen-bond acceptors (Lipinski definition) is 4. The average Bonchev–Trinajstić information content (AvgIpc) is 2.75. The molecular formula is C22H28N4O. The molecule has 3 heterocycles. The molecule has 2 aliphatic rings. The quantitative estimate of drug-likeness (QED) is 0.839. The number of carbonyl (C=O) groups excluding carboxylic acids is 1. The Kier molecular flexibility index (Phi) is 5.21. The van der Waals surface area contributed by atoms with Gasteiger partial charge in [-0.15, -0.1) is 5.10 Å². The van der Waals surface area contributed by atoms with E-state index in [0.29, 0.717) is 17.0 Å². The number of piperidine rings is 2. The van der Waals surface area contributed by atoms with E-state index in [9.17, 15) is 4.79 Å². The Hall–Kier alpha value is -2.27. The largest absolute Gasteiger partial charge is 0.337 e. The van der Waals surface area contributed by atoms with Gasteiger partial charge in [0.15, 0.2) is 5.69 Å². The van der Waals surface area contributed by atoms with Crippen LogP contribution in [0.4, 0.5) is 0 Å². The lowest BCUT2D eigenvalue weighted by atomic mass is 9.68. The molecule has 0 radical (unpaired) electrons. The minimum Gasteiger partial charge on any atom is -0.337 e. The van der Waals surface area contributed by atoms with Gasteiger partial charge in [-0.1, -0.05) is 37.3 Å². The van der Waals surface area contributed by atoms with E-state index in [0.717, 1.165) is 45.6 Å². The molecule has 4 rings (SSSR count). The number of likely N-dealkylation sites (tertiary alicyclic amines) is 2. The maximum absolute atomic E-state index is 12.7. The zero-order valence-corrected chi connectivity index (χ0v) is 16.1. The number of nitrogens with zero attached hydrogens (tertiary/aromatic N) is 4. The van der Waals surface area contributed by atoms with Crippen LogP contribution in [-0.4, -0.2) is 58.6 Å². The van der Waals surface area contributed by atoms with Crippen LogP contribution in [0.3, 0.4) is 0 Å². The Bertz CT molecular complexity index is 756. The molecule has 27 heavy (non-hydrogen) atoms. The van der Waals surface area contributed by atoms with Gasteiger partial charge < -0.3 is 9.80 Å². The van der Waals surface area contributed by atoms with Gasteiger partial charge in [0, 0.05) is 32.4 Å². The van der Waals surface area contributed by atoms with E-state index in [-0.39, 0.29) is 5.91 Å². The van der Waals surface area contributed by atoms with E-state index in [1.807, 2.05) is 4.90 Å². The van der Waals surface area contributed by atoms with Crippen molar-refractivity contribution in [3.8, 4) is 0 Å². The summed E-state index contributed by atoms with van der Waals surface area (Å²) in [7, 11) is 0. The number of amides is 1. The average molecular weight is 364 g/mol. The molecule has 142 valence electrons. The first-order valence-corrected chi connectivity index (χ1v) is 10.0. The van der Waals surface area contributed by atoms with Crippen LogP contribution in [-0.2, 0) is 0 Å². The second-order valence-corrected chi connectivity index (χ2v) is 8.04. The molecule has 0 N–H and O–H groups in total. The maximum Gasteiger partial charge on any atom is 0.274 e. The number of benzene rings is 1. The standard InChI is InChI=1S/C22H28N4O/c1-2-25-16-19(18-7-4-3-5-8-18)15-22(17-25)10-13-26(14-11-22)21(27)20-9-6-12-23-24-20/h3-9,12,19H,2,10-11,13-17H2,1H3/t19-/m0/s1. The van der Waals surface area contributed by atoms with Crippen LogP contribution in [0.15, 0.2) is 48.7 Å². The van der Waals surface area contributed by atoms with Crippen molar-refractivity contribution in [3.05, 3.63) is 59.9 Å². The lowest BCUT2D eigenvalue weighted by molar-refractivity contribution is 0.0156. The fraction of sp³-hybridized carbons (Fsp3) is 0.500. The van der Waals surface area contributed by atoms with Crippen LogP contribution in [0.1, 0.15) is 48.2 Å². The van der Waals surface area contributed by atoms with Gasteiger partial charge in [0.1, 0.15) is 0 Å². The lowest BCUT2D eigenvalue weighted by Gasteiger charge is -2.50. The molecule has 1 amide bonds. The third-order valence-electron chi connectivity index (χ3n) is 6.34. The summed E-state index contributed by atoms with van der Waals surface area (Å²) < 4.78 is 0. The third-order valence-corrected chi connectivity index (χ3v) is 6.34. The van der Waals surface area contributed by atoms with Gasteiger partial charge in [-0.25, -0.2) is 0 Å². The van der Waals surface area contributed by atoms with Crippen LogP contribution in [0, 0.1) is 5.41 Å². The first-order valence-electron chi connectivity index (χ1n) is 10.0. The summed E-state index contributed by atoms with van der Waals surface area (Å²) in [5.41, 5.74) is 2.22. The summed E-state index contributed by atoms with van der Waals surface area (Å²) in [5, 5.41) is 7.83. The molecule has 1 spiro atoms. The van der Waals surface area contributed by atoms with Crippen LogP contribution < -0.4 is 0 Å².